The fourth-order valence-electron chi connectivity index (χ4n) is 1.58. The molecule has 16 heavy (non-hydrogen) atoms. The smallest absolute Gasteiger partial charge is 0.289 e. The highest BCUT2D eigenvalue weighted by Crippen LogP contribution is 2.17. The summed E-state index contributed by atoms with van der Waals surface area (Å²) in [7, 11) is 0. The maximum Gasteiger partial charge on any atom is 0.289 e. The number of aromatic nitrogens is 1. The Balaban J connectivity index is 1.91. The summed E-state index contributed by atoms with van der Waals surface area (Å²) in [5.74, 6) is -0.183. The van der Waals surface area contributed by atoms with E-state index in [1.54, 1.807) is 6.92 Å². The Kier molecular flexibility index (Phi) is 2.93. The number of carbonyl (C=O) groups is 1. The van der Waals surface area contributed by atoms with E-state index in [2.05, 4.69) is 10.3 Å². The zero-order chi connectivity index (χ0) is 11.6. The monoisotopic (exact) mass is 226 g/mol. The van der Waals surface area contributed by atoms with Gasteiger partial charge in [-0.3, -0.25) is 4.79 Å². The number of nitrogens with zero attached hydrogens (tertiary/aromatic N) is 1. The molecule has 1 aliphatic rings. The summed E-state index contributed by atoms with van der Waals surface area (Å²) in [6.07, 6.45) is 1.75. The van der Waals surface area contributed by atoms with Gasteiger partial charge in [0.1, 0.15) is 5.60 Å². The minimum atomic E-state index is -0.955. The molecule has 1 aromatic heterocycles. The summed E-state index contributed by atoms with van der Waals surface area (Å²) in [4.78, 5) is 15.4. The maximum absolute atomic E-state index is 11.6. The first-order valence-electron chi connectivity index (χ1n) is 5.09. The molecule has 0 saturated carbocycles. The van der Waals surface area contributed by atoms with Crippen molar-refractivity contribution in [2.45, 2.75) is 18.9 Å². The van der Waals surface area contributed by atoms with E-state index >= 15 is 0 Å². The predicted octanol–water partition coefficient (Wildman–Crippen LogP) is -0.136. The second kappa shape index (κ2) is 4.23. The van der Waals surface area contributed by atoms with Crippen LogP contribution >= 0.6 is 0 Å². The second-order valence-corrected chi connectivity index (χ2v) is 3.98. The molecule has 1 fully saturated rings. The lowest BCUT2D eigenvalue weighted by atomic mass is 10.0. The van der Waals surface area contributed by atoms with Crippen LogP contribution < -0.4 is 5.32 Å². The van der Waals surface area contributed by atoms with Crippen molar-refractivity contribution in [2.75, 3.05) is 19.8 Å². The summed E-state index contributed by atoms with van der Waals surface area (Å²) >= 11 is 0. The highest BCUT2D eigenvalue weighted by Gasteiger charge is 2.33. The first kappa shape index (κ1) is 11.1. The zero-order valence-electron chi connectivity index (χ0n) is 9.02. The first-order chi connectivity index (χ1) is 7.61. The minimum Gasteiger partial charge on any atom is -0.438 e. The van der Waals surface area contributed by atoms with Crippen LogP contribution in [0.2, 0.25) is 0 Å². The third-order valence-electron chi connectivity index (χ3n) is 2.61. The molecule has 6 nitrogen and oxygen atoms in total. The molecule has 0 bridgehead atoms. The Bertz CT molecular complexity index is 382. The highest BCUT2D eigenvalue weighted by atomic mass is 16.5. The van der Waals surface area contributed by atoms with Crippen molar-refractivity contribution in [2.24, 2.45) is 0 Å². The van der Waals surface area contributed by atoms with Crippen molar-refractivity contribution in [1.82, 2.24) is 10.3 Å². The fraction of sp³-hybridized carbons (Fsp3) is 0.600. The summed E-state index contributed by atoms with van der Waals surface area (Å²) < 4.78 is 10.0. The van der Waals surface area contributed by atoms with E-state index in [0.717, 1.165) is 0 Å². The van der Waals surface area contributed by atoms with Gasteiger partial charge in [0.05, 0.1) is 12.3 Å². The SMILES string of the molecule is Cc1ncoc1C(=O)NCC1(O)CCOC1. The maximum atomic E-state index is 11.6. The van der Waals surface area contributed by atoms with Gasteiger partial charge in [0.2, 0.25) is 5.76 Å². The Hall–Kier alpha value is -1.40. The van der Waals surface area contributed by atoms with Crippen molar-refractivity contribution in [3.05, 3.63) is 17.8 Å². The van der Waals surface area contributed by atoms with Crippen LogP contribution in [-0.4, -0.2) is 41.4 Å². The largest absolute Gasteiger partial charge is 0.438 e. The van der Waals surface area contributed by atoms with E-state index in [1.807, 2.05) is 0 Å². The molecule has 88 valence electrons. The number of hydrogen-bond donors (Lipinski definition) is 2. The van der Waals surface area contributed by atoms with Gasteiger partial charge < -0.3 is 19.6 Å². The topological polar surface area (TPSA) is 84.6 Å². The number of aliphatic hydroxyl groups is 1. The van der Waals surface area contributed by atoms with E-state index < -0.39 is 5.60 Å². The van der Waals surface area contributed by atoms with Gasteiger partial charge in [-0.25, -0.2) is 4.98 Å². The molecule has 2 heterocycles. The number of amides is 1. The molecular weight excluding hydrogens is 212 g/mol. The van der Waals surface area contributed by atoms with Gasteiger partial charge >= 0.3 is 0 Å². The molecule has 2 rings (SSSR count). The Labute approximate surface area is 92.6 Å². The second-order valence-electron chi connectivity index (χ2n) is 3.98. The van der Waals surface area contributed by atoms with E-state index in [-0.39, 0.29) is 24.8 Å². The zero-order valence-corrected chi connectivity index (χ0v) is 9.02. The van der Waals surface area contributed by atoms with Crippen LogP contribution in [-0.2, 0) is 4.74 Å². The van der Waals surface area contributed by atoms with Crippen LogP contribution in [0.4, 0.5) is 0 Å². The van der Waals surface area contributed by atoms with Gasteiger partial charge in [0.15, 0.2) is 6.39 Å². The molecule has 0 aromatic carbocycles. The first-order valence-corrected chi connectivity index (χ1v) is 5.09. The number of aryl methyl sites for hydroxylation is 1. The van der Waals surface area contributed by atoms with E-state index in [1.165, 1.54) is 6.39 Å². The summed E-state index contributed by atoms with van der Waals surface area (Å²) in [6.45, 7) is 2.62. The van der Waals surface area contributed by atoms with Crippen molar-refractivity contribution in [3.8, 4) is 0 Å². The molecule has 1 amide bonds. The van der Waals surface area contributed by atoms with Gasteiger partial charge in [-0.1, -0.05) is 0 Å². The van der Waals surface area contributed by atoms with Crippen molar-refractivity contribution >= 4 is 5.91 Å². The summed E-state index contributed by atoms with van der Waals surface area (Å²) in [6, 6.07) is 0. The molecule has 1 atom stereocenters. The Morgan fingerprint density at radius 1 is 1.75 bits per heavy atom. The summed E-state index contributed by atoms with van der Waals surface area (Å²) in [5.41, 5.74) is -0.420. The molecule has 1 saturated heterocycles. The van der Waals surface area contributed by atoms with Crippen LogP contribution in [0, 0.1) is 6.92 Å². The van der Waals surface area contributed by atoms with Crippen LogP contribution in [0.5, 0.6) is 0 Å². The molecule has 2 N–H and O–H groups in total. The number of hydrogen-bond acceptors (Lipinski definition) is 5. The third-order valence-corrected chi connectivity index (χ3v) is 2.61. The normalized spacial score (nSPS) is 24.6. The van der Waals surface area contributed by atoms with Gasteiger partial charge in [0, 0.05) is 19.6 Å². The van der Waals surface area contributed by atoms with Crippen LogP contribution in [0.1, 0.15) is 22.7 Å². The fourth-order valence-corrected chi connectivity index (χ4v) is 1.58. The lowest BCUT2D eigenvalue weighted by molar-refractivity contribution is 0.0261. The van der Waals surface area contributed by atoms with Gasteiger partial charge in [-0.2, -0.15) is 0 Å². The third kappa shape index (κ3) is 2.23. The summed E-state index contributed by atoms with van der Waals surface area (Å²) in [5, 5.41) is 12.5. The van der Waals surface area contributed by atoms with Gasteiger partial charge in [-0.05, 0) is 6.92 Å². The quantitative estimate of drug-likeness (QED) is 0.749. The van der Waals surface area contributed by atoms with Crippen LogP contribution in [0.25, 0.3) is 0 Å². The van der Waals surface area contributed by atoms with Crippen LogP contribution in [0.3, 0.4) is 0 Å². The van der Waals surface area contributed by atoms with Crippen molar-refractivity contribution < 1.29 is 19.1 Å². The Morgan fingerprint density at radius 2 is 2.56 bits per heavy atom. The molecular formula is C10H14N2O4. The molecule has 1 aliphatic heterocycles. The molecule has 0 spiro atoms. The number of oxazole rings is 1. The minimum absolute atomic E-state index is 0.159. The lowest BCUT2D eigenvalue weighted by Gasteiger charge is -2.20. The molecule has 6 heteroatoms. The van der Waals surface area contributed by atoms with Gasteiger partial charge in [0.25, 0.3) is 5.91 Å². The van der Waals surface area contributed by atoms with Crippen LogP contribution in [0.15, 0.2) is 10.8 Å². The Morgan fingerprint density at radius 3 is 3.12 bits per heavy atom. The molecule has 1 aromatic rings. The highest BCUT2D eigenvalue weighted by molar-refractivity contribution is 5.92. The van der Waals surface area contributed by atoms with Gasteiger partial charge in [-0.15, -0.1) is 0 Å². The van der Waals surface area contributed by atoms with Crippen molar-refractivity contribution in [1.29, 1.82) is 0 Å². The van der Waals surface area contributed by atoms with E-state index in [9.17, 15) is 9.90 Å². The average Bonchev–Trinajstić information content (AvgIpc) is 2.85. The number of carbonyl (C=O) groups excluding carboxylic acids is 1. The van der Waals surface area contributed by atoms with Crippen molar-refractivity contribution in [3.63, 3.8) is 0 Å². The number of ether oxygens (including phenoxy) is 1. The predicted molar refractivity (Wildman–Crippen MR) is 54.0 cm³/mol. The number of nitrogens with one attached hydrogen (secondary N) is 1. The standard InChI is InChI=1S/C10H14N2O4/c1-7-8(16-6-12-7)9(13)11-4-10(14)2-3-15-5-10/h6,14H,2-5H2,1H3,(H,11,13). The molecule has 0 aliphatic carbocycles. The average molecular weight is 226 g/mol. The van der Waals surface area contributed by atoms with E-state index in [4.69, 9.17) is 9.15 Å². The van der Waals surface area contributed by atoms with E-state index in [0.29, 0.717) is 18.7 Å². The molecule has 0 radical (unpaired) electrons. The molecule has 1 unspecified atom stereocenters. The number of rotatable bonds is 3. The lowest BCUT2D eigenvalue weighted by Crippen LogP contribution is -2.43.